The zero-order valence-corrected chi connectivity index (χ0v) is 15.1. The molecule has 2 fully saturated rings. The number of ether oxygens (including phenoxy) is 3. The van der Waals surface area contributed by atoms with E-state index in [9.17, 15) is 5.11 Å². The van der Waals surface area contributed by atoms with Crippen LogP contribution in [0.5, 0.6) is 0 Å². The minimum absolute atomic E-state index is 0.0353. The second-order valence-electron chi connectivity index (χ2n) is 7.52. The van der Waals surface area contributed by atoms with Crippen LogP contribution >= 0.6 is 0 Å². The molecule has 0 aliphatic carbocycles. The lowest BCUT2D eigenvalue weighted by molar-refractivity contribution is -0.394. The molecular formula is C19H29NO4. The average Bonchev–Trinajstić information content (AvgIpc) is 2.56. The van der Waals surface area contributed by atoms with Crippen LogP contribution in [0.15, 0.2) is 30.3 Å². The SMILES string of the molecule is CO[C@@]1(C)O[C@@H]2CN(Cc3ccccc3)C[C@H](CO)[C@H]2OC1(C)C. The van der Waals surface area contributed by atoms with Gasteiger partial charge in [-0.2, -0.15) is 0 Å². The number of hydrogen-bond acceptors (Lipinski definition) is 5. The molecule has 134 valence electrons. The Hall–Kier alpha value is -0.980. The molecule has 1 N–H and O–H groups in total. The van der Waals surface area contributed by atoms with Crippen LogP contribution in [0.2, 0.25) is 0 Å². The molecule has 2 heterocycles. The molecule has 0 spiro atoms. The fraction of sp³-hybridized carbons (Fsp3) is 0.684. The van der Waals surface area contributed by atoms with Crippen molar-refractivity contribution in [2.45, 2.75) is 50.9 Å². The summed E-state index contributed by atoms with van der Waals surface area (Å²) in [6.45, 7) is 8.40. The Morgan fingerprint density at radius 3 is 2.50 bits per heavy atom. The van der Waals surface area contributed by atoms with Crippen molar-refractivity contribution < 1.29 is 19.3 Å². The van der Waals surface area contributed by atoms with E-state index in [4.69, 9.17) is 14.2 Å². The quantitative estimate of drug-likeness (QED) is 0.912. The van der Waals surface area contributed by atoms with Crippen molar-refractivity contribution in [2.24, 2.45) is 5.92 Å². The summed E-state index contributed by atoms with van der Waals surface area (Å²) in [6.07, 6.45) is -0.224. The van der Waals surface area contributed by atoms with Gasteiger partial charge in [-0.1, -0.05) is 30.3 Å². The number of rotatable bonds is 4. The molecule has 0 unspecified atom stereocenters. The number of hydrogen-bond donors (Lipinski definition) is 1. The largest absolute Gasteiger partial charge is 0.396 e. The number of methoxy groups -OCH3 is 1. The molecule has 1 aromatic carbocycles. The molecule has 0 amide bonds. The van der Waals surface area contributed by atoms with Crippen LogP contribution in [0, 0.1) is 5.92 Å². The van der Waals surface area contributed by atoms with E-state index < -0.39 is 11.4 Å². The van der Waals surface area contributed by atoms with E-state index in [0.29, 0.717) is 0 Å². The molecule has 2 aliphatic rings. The van der Waals surface area contributed by atoms with Gasteiger partial charge in [0.05, 0.1) is 6.10 Å². The summed E-state index contributed by atoms with van der Waals surface area (Å²) in [5.41, 5.74) is 0.692. The van der Waals surface area contributed by atoms with Gasteiger partial charge >= 0.3 is 0 Å². The fourth-order valence-corrected chi connectivity index (χ4v) is 3.75. The van der Waals surface area contributed by atoms with E-state index in [2.05, 4.69) is 29.2 Å². The maximum absolute atomic E-state index is 9.88. The summed E-state index contributed by atoms with van der Waals surface area (Å²) in [5.74, 6) is -0.766. The second-order valence-corrected chi connectivity index (χ2v) is 7.52. The van der Waals surface area contributed by atoms with Crippen LogP contribution in [-0.2, 0) is 20.8 Å². The van der Waals surface area contributed by atoms with Gasteiger partial charge in [-0.3, -0.25) is 4.90 Å². The van der Waals surface area contributed by atoms with Crippen LogP contribution in [-0.4, -0.2) is 60.4 Å². The average molecular weight is 335 g/mol. The first kappa shape index (κ1) is 17.8. The van der Waals surface area contributed by atoms with Gasteiger partial charge in [0.2, 0.25) is 0 Å². The van der Waals surface area contributed by atoms with Gasteiger partial charge in [0.25, 0.3) is 0 Å². The zero-order valence-electron chi connectivity index (χ0n) is 15.1. The first-order chi connectivity index (χ1) is 11.4. The van der Waals surface area contributed by atoms with Crippen molar-refractivity contribution in [1.29, 1.82) is 0 Å². The van der Waals surface area contributed by atoms with Crippen LogP contribution in [0.1, 0.15) is 26.3 Å². The van der Waals surface area contributed by atoms with Crippen LogP contribution in [0.25, 0.3) is 0 Å². The Morgan fingerprint density at radius 2 is 1.88 bits per heavy atom. The molecule has 4 atom stereocenters. The standard InChI is InChI=1S/C19H29NO4/c1-18(2)19(3,22-4)23-16-12-20(10-14-8-6-5-7-9-14)11-15(13-21)17(16)24-18/h5-9,15-17,21H,10-13H2,1-4H3/t15-,16-,17-,19+/m1/s1. The van der Waals surface area contributed by atoms with Crippen LogP contribution < -0.4 is 0 Å². The minimum atomic E-state index is -0.802. The van der Waals surface area contributed by atoms with Gasteiger partial charge in [0.1, 0.15) is 11.7 Å². The maximum Gasteiger partial charge on any atom is 0.194 e. The Morgan fingerprint density at radius 1 is 1.17 bits per heavy atom. The summed E-state index contributed by atoms with van der Waals surface area (Å²) in [6, 6.07) is 10.4. The predicted octanol–water partition coefficient (Wildman–Crippen LogP) is 2.04. The highest BCUT2D eigenvalue weighted by molar-refractivity contribution is 5.15. The van der Waals surface area contributed by atoms with E-state index in [0.717, 1.165) is 19.6 Å². The van der Waals surface area contributed by atoms with Crippen LogP contribution in [0.3, 0.4) is 0 Å². The smallest absolute Gasteiger partial charge is 0.194 e. The Labute approximate surface area is 144 Å². The van der Waals surface area contributed by atoms with E-state index in [1.807, 2.05) is 26.8 Å². The predicted molar refractivity (Wildman–Crippen MR) is 91.5 cm³/mol. The molecule has 5 heteroatoms. The zero-order chi connectivity index (χ0) is 17.4. The lowest BCUT2D eigenvalue weighted by Crippen LogP contribution is -2.68. The highest BCUT2D eigenvalue weighted by Gasteiger charge is 2.55. The van der Waals surface area contributed by atoms with Crippen molar-refractivity contribution in [1.82, 2.24) is 4.90 Å². The monoisotopic (exact) mass is 335 g/mol. The summed E-state index contributed by atoms with van der Waals surface area (Å²) in [7, 11) is 1.65. The lowest BCUT2D eigenvalue weighted by Gasteiger charge is -2.56. The van der Waals surface area contributed by atoms with Gasteiger partial charge in [0, 0.05) is 39.3 Å². The molecule has 24 heavy (non-hydrogen) atoms. The Bertz CT molecular complexity index is 550. The molecule has 0 aromatic heterocycles. The number of fused-ring (bicyclic) bond motifs is 1. The van der Waals surface area contributed by atoms with E-state index in [1.54, 1.807) is 7.11 Å². The molecule has 0 radical (unpaired) electrons. The second kappa shape index (κ2) is 6.73. The van der Waals surface area contributed by atoms with Gasteiger partial charge in [-0.25, -0.2) is 0 Å². The van der Waals surface area contributed by atoms with E-state index in [-0.39, 0.29) is 24.7 Å². The first-order valence-corrected chi connectivity index (χ1v) is 8.66. The van der Waals surface area contributed by atoms with Gasteiger partial charge in [-0.15, -0.1) is 0 Å². The Kier molecular flexibility index (Phi) is 5.00. The van der Waals surface area contributed by atoms with Gasteiger partial charge < -0.3 is 19.3 Å². The summed E-state index contributed by atoms with van der Waals surface area (Å²) < 4.78 is 18.3. The highest BCUT2D eigenvalue weighted by atomic mass is 16.7. The molecule has 3 rings (SSSR count). The Balaban J connectivity index is 1.77. The van der Waals surface area contributed by atoms with Crippen LogP contribution in [0.4, 0.5) is 0 Å². The topological polar surface area (TPSA) is 51.2 Å². The van der Waals surface area contributed by atoms with Crippen molar-refractivity contribution in [3.63, 3.8) is 0 Å². The minimum Gasteiger partial charge on any atom is -0.396 e. The molecule has 0 bridgehead atoms. The van der Waals surface area contributed by atoms with E-state index in [1.165, 1.54) is 5.56 Å². The first-order valence-electron chi connectivity index (χ1n) is 8.66. The molecule has 1 aromatic rings. The fourth-order valence-electron chi connectivity index (χ4n) is 3.75. The van der Waals surface area contributed by atoms with Crippen molar-refractivity contribution in [2.75, 3.05) is 26.8 Å². The van der Waals surface area contributed by atoms with Gasteiger partial charge in [-0.05, 0) is 26.3 Å². The third-order valence-electron chi connectivity index (χ3n) is 5.54. The third kappa shape index (κ3) is 3.24. The maximum atomic E-state index is 9.88. The summed E-state index contributed by atoms with van der Waals surface area (Å²) >= 11 is 0. The molecular weight excluding hydrogens is 306 g/mol. The highest BCUT2D eigenvalue weighted by Crippen LogP contribution is 2.42. The molecule has 0 saturated carbocycles. The number of aliphatic hydroxyl groups excluding tert-OH is 1. The van der Waals surface area contributed by atoms with Crippen molar-refractivity contribution in [3.8, 4) is 0 Å². The number of piperidine rings is 1. The molecule has 2 aliphatic heterocycles. The van der Waals surface area contributed by atoms with Crippen molar-refractivity contribution >= 4 is 0 Å². The number of aliphatic hydroxyl groups is 1. The number of nitrogens with zero attached hydrogens (tertiary/aromatic N) is 1. The van der Waals surface area contributed by atoms with Crippen molar-refractivity contribution in [3.05, 3.63) is 35.9 Å². The normalized spacial score (nSPS) is 36.3. The molecule has 2 saturated heterocycles. The molecule has 5 nitrogen and oxygen atoms in total. The summed E-state index contributed by atoms with van der Waals surface area (Å²) in [4.78, 5) is 2.33. The third-order valence-corrected chi connectivity index (χ3v) is 5.54. The summed E-state index contributed by atoms with van der Waals surface area (Å²) in [5, 5.41) is 9.88. The lowest BCUT2D eigenvalue weighted by atomic mass is 9.87. The van der Waals surface area contributed by atoms with E-state index >= 15 is 0 Å². The van der Waals surface area contributed by atoms with Gasteiger partial charge in [0.15, 0.2) is 5.79 Å². The number of likely N-dealkylation sites (tertiary alicyclic amines) is 1. The number of benzene rings is 1.